The highest BCUT2D eigenvalue weighted by Crippen LogP contribution is 2.30. The fourth-order valence-electron chi connectivity index (χ4n) is 3.48. The van der Waals surface area contributed by atoms with E-state index in [0.717, 1.165) is 22.4 Å². The lowest BCUT2D eigenvalue weighted by Crippen LogP contribution is -2.41. The van der Waals surface area contributed by atoms with Gasteiger partial charge in [0.25, 0.3) is 11.8 Å². The van der Waals surface area contributed by atoms with Gasteiger partial charge in [0.1, 0.15) is 0 Å². The Morgan fingerprint density at radius 2 is 1.55 bits per heavy atom. The molecule has 0 unspecified atom stereocenters. The molecule has 0 saturated heterocycles. The Balaban J connectivity index is 1.42. The molecule has 3 aromatic carbocycles. The summed E-state index contributed by atoms with van der Waals surface area (Å²) in [5.74, 6) is -3.25. The summed E-state index contributed by atoms with van der Waals surface area (Å²) < 4.78 is 26.2. The van der Waals surface area contributed by atoms with Crippen LogP contribution in [0.4, 0.5) is 14.5 Å². The molecule has 7 heteroatoms. The second kappa shape index (κ2) is 7.43. The van der Waals surface area contributed by atoms with E-state index in [1.54, 1.807) is 24.3 Å². The fourth-order valence-corrected chi connectivity index (χ4v) is 3.48. The Labute approximate surface area is 164 Å². The van der Waals surface area contributed by atoms with Crippen molar-refractivity contribution >= 4 is 34.2 Å². The average Bonchev–Trinajstić information content (AvgIpc) is 2.71. The molecule has 3 aromatic rings. The van der Waals surface area contributed by atoms with Crippen LogP contribution in [0.1, 0.15) is 33.6 Å². The van der Waals surface area contributed by atoms with Gasteiger partial charge in [-0.15, -0.1) is 0 Å². The standard InChI is InChI=1S/C22H16F2N2O3/c23-17-10-9-14(12-18(17)24)25-19(27)8-3-11-26-21(28)15-6-1-4-13-5-2-7-16(20(13)15)22(26)29/h1-2,4-7,9-10,12H,3,8,11H2,(H,25,27). The quantitative estimate of drug-likeness (QED) is 0.662. The summed E-state index contributed by atoms with van der Waals surface area (Å²) in [6.45, 7) is 0.0770. The van der Waals surface area contributed by atoms with E-state index in [2.05, 4.69) is 5.32 Å². The molecule has 0 saturated carbocycles. The van der Waals surface area contributed by atoms with Crippen LogP contribution < -0.4 is 5.32 Å². The second-order valence-electron chi connectivity index (χ2n) is 6.75. The molecule has 146 valence electrons. The largest absolute Gasteiger partial charge is 0.326 e. The third-order valence-electron chi connectivity index (χ3n) is 4.84. The van der Waals surface area contributed by atoms with Crippen molar-refractivity contribution in [2.24, 2.45) is 0 Å². The SMILES string of the molecule is O=C(CCCN1C(=O)c2cccc3cccc(c23)C1=O)Nc1ccc(F)c(F)c1. The van der Waals surface area contributed by atoms with Crippen molar-refractivity contribution in [2.75, 3.05) is 11.9 Å². The number of halogens is 2. The highest BCUT2D eigenvalue weighted by molar-refractivity contribution is 6.25. The first-order valence-corrected chi connectivity index (χ1v) is 9.08. The second-order valence-corrected chi connectivity index (χ2v) is 6.75. The first-order valence-electron chi connectivity index (χ1n) is 9.08. The monoisotopic (exact) mass is 394 g/mol. The van der Waals surface area contributed by atoms with E-state index in [1.165, 1.54) is 6.07 Å². The third kappa shape index (κ3) is 3.47. The minimum Gasteiger partial charge on any atom is -0.326 e. The van der Waals surface area contributed by atoms with Crippen molar-refractivity contribution in [3.63, 3.8) is 0 Å². The van der Waals surface area contributed by atoms with Gasteiger partial charge in [0.05, 0.1) is 0 Å². The Kier molecular flexibility index (Phi) is 4.80. The molecule has 5 nitrogen and oxygen atoms in total. The molecule has 1 heterocycles. The summed E-state index contributed by atoms with van der Waals surface area (Å²) in [7, 11) is 0. The van der Waals surface area contributed by atoms with E-state index < -0.39 is 17.5 Å². The van der Waals surface area contributed by atoms with E-state index in [4.69, 9.17) is 0 Å². The lowest BCUT2D eigenvalue weighted by Gasteiger charge is -2.27. The topological polar surface area (TPSA) is 66.5 Å². The molecule has 0 fully saturated rings. The maximum atomic E-state index is 13.2. The molecule has 0 bridgehead atoms. The molecule has 1 aliphatic rings. The number of imide groups is 1. The van der Waals surface area contributed by atoms with Crippen LogP contribution in [0.5, 0.6) is 0 Å². The summed E-state index contributed by atoms with van der Waals surface area (Å²) in [5, 5.41) is 3.94. The summed E-state index contributed by atoms with van der Waals surface area (Å²) in [5.41, 5.74) is 1.06. The minimum atomic E-state index is -1.06. The molecule has 3 amide bonds. The van der Waals surface area contributed by atoms with E-state index in [0.29, 0.717) is 16.5 Å². The summed E-state index contributed by atoms with van der Waals surface area (Å²) in [6.07, 6.45) is 0.257. The molecule has 0 radical (unpaired) electrons. The zero-order chi connectivity index (χ0) is 20.5. The summed E-state index contributed by atoms with van der Waals surface area (Å²) >= 11 is 0. The molecule has 0 spiro atoms. The number of carbonyl (C=O) groups is 3. The first kappa shape index (κ1) is 18.7. The summed E-state index contributed by atoms with van der Waals surface area (Å²) in [4.78, 5) is 38.7. The van der Waals surface area contributed by atoms with Crippen molar-refractivity contribution in [1.29, 1.82) is 0 Å². The highest BCUT2D eigenvalue weighted by Gasteiger charge is 2.32. The van der Waals surface area contributed by atoms with Gasteiger partial charge >= 0.3 is 0 Å². The zero-order valence-electron chi connectivity index (χ0n) is 15.2. The smallest absolute Gasteiger partial charge is 0.261 e. The van der Waals surface area contributed by atoms with Crippen LogP contribution in [0.2, 0.25) is 0 Å². The van der Waals surface area contributed by atoms with Crippen LogP contribution in [0, 0.1) is 11.6 Å². The first-order chi connectivity index (χ1) is 14.0. The Bertz CT molecular complexity index is 1110. The molecule has 4 rings (SSSR count). The van der Waals surface area contributed by atoms with E-state index in [-0.39, 0.29) is 36.9 Å². The molecule has 1 N–H and O–H groups in total. The number of hydrogen-bond acceptors (Lipinski definition) is 3. The molecule has 0 atom stereocenters. The molecule has 0 aromatic heterocycles. The number of carbonyl (C=O) groups excluding carboxylic acids is 3. The normalized spacial score (nSPS) is 13.1. The Morgan fingerprint density at radius 3 is 2.17 bits per heavy atom. The zero-order valence-corrected chi connectivity index (χ0v) is 15.2. The van der Waals surface area contributed by atoms with Crippen LogP contribution in [0.3, 0.4) is 0 Å². The van der Waals surface area contributed by atoms with Crippen molar-refractivity contribution in [3.8, 4) is 0 Å². The van der Waals surface area contributed by atoms with Gasteiger partial charge in [-0.05, 0) is 36.1 Å². The van der Waals surface area contributed by atoms with E-state index >= 15 is 0 Å². The van der Waals surface area contributed by atoms with Gasteiger partial charge < -0.3 is 5.32 Å². The van der Waals surface area contributed by atoms with Gasteiger partial charge in [0.15, 0.2) is 11.6 Å². The highest BCUT2D eigenvalue weighted by atomic mass is 19.2. The van der Waals surface area contributed by atoms with Gasteiger partial charge in [0, 0.05) is 41.2 Å². The number of nitrogens with zero attached hydrogens (tertiary/aromatic N) is 1. The van der Waals surface area contributed by atoms with Crippen LogP contribution in [-0.4, -0.2) is 29.2 Å². The summed E-state index contributed by atoms with van der Waals surface area (Å²) in [6, 6.07) is 13.7. The predicted octanol–water partition coefficient (Wildman–Crippen LogP) is 4.13. The van der Waals surface area contributed by atoms with Crippen LogP contribution in [0.25, 0.3) is 10.8 Å². The van der Waals surface area contributed by atoms with Crippen LogP contribution in [0.15, 0.2) is 54.6 Å². The number of rotatable bonds is 5. The Hall–Kier alpha value is -3.61. The van der Waals surface area contributed by atoms with Crippen molar-refractivity contribution in [3.05, 3.63) is 77.4 Å². The lowest BCUT2D eigenvalue weighted by molar-refractivity contribution is -0.116. The fraction of sp³-hybridized carbons (Fsp3) is 0.136. The number of amides is 3. The predicted molar refractivity (Wildman–Crippen MR) is 104 cm³/mol. The van der Waals surface area contributed by atoms with Gasteiger partial charge in [0.2, 0.25) is 5.91 Å². The van der Waals surface area contributed by atoms with Crippen LogP contribution in [-0.2, 0) is 4.79 Å². The maximum Gasteiger partial charge on any atom is 0.261 e. The van der Waals surface area contributed by atoms with E-state index in [9.17, 15) is 23.2 Å². The third-order valence-corrected chi connectivity index (χ3v) is 4.84. The van der Waals surface area contributed by atoms with Gasteiger partial charge in [-0.25, -0.2) is 8.78 Å². The molecule has 1 aliphatic heterocycles. The molecular weight excluding hydrogens is 378 g/mol. The molecule has 0 aliphatic carbocycles. The van der Waals surface area contributed by atoms with Gasteiger partial charge in [-0.3, -0.25) is 19.3 Å². The van der Waals surface area contributed by atoms with Gasteiger partial charge in [-0.1, -0.05) is 24.3 Å². The van der Waals surface area contributed by atoms with Crippen molar-refractivity contribution < 1.29 is 23.2 Å². The number of anilines is 1. The van der Waals surface area contributed by atoms with Gasteiger partial charge in [-0.2, -0.15) is 0 Å². The number of nitrogens with one attached hydrogen (secondary N) is 1. The number of benzene rings is 3. The van der Waals surface area contributed by atoms with Crippen molar-refractivity contribution in [2.45, 2.75) is 12.8 Å². The maximum absolute atomic E-state index is 13.2. The van der Waals surface area contributed by atoms with Crippen molar-refractivity contribution in [1.82, 2.24) is 4.90 Å². The number of hydrogen-bond donors (Lipinski definition) is 1. The molecule has 29 heavy (non-hydrogen) atoms. The average molecular weight is 394 g/mol. The lowest BCUT2D eigenvalue weighted by atomic mass is 9.94. The minimum absolute atomic E-state index is 0.0158. The van der Waals surface area contributed by atoms with Crippen LogP contribution >= 0.6 is 0 Å². The Morgan fingerprint density at radius 1 is 0.897 bits per heavy atom. The van der Waals surface area contributed by atoms with E-state index in [1.807, 2.05) is 12.1 Å². The molecular formula is C22H16F2N2O3.